The van der Waals surface area contributed by atoms with E-state index in [1.54, 1.807) is 17.9 Å². The van der Waals surface area contributed by atoms with E-state index in [0.29, 0.717) is 12.1 Å². The zero-order chi connectivity index (χ0) is 13.8. The number of carbonyl (C=O) groups excluding carboxylic acids is 1. The summed E-state index contributed by atoms with van der Waals surface area (Å²) in [4.78, 5) is 22.5. The number of nitrogens with zero attached hydrogens (tertiary/aromatic N) is 2. The lowest BCUT2D eigenvalue weighted by Crippen LogP contribution is -2.23. The van der Waals surface area contributed by atoms with Crippen LogP contribution in [0.4, 0.5) is 0 Å². The smallest absolute Gasteiger partial charge is 0.335 e. The number of nitrogens with one attached hydrogen (secondary N) is 1. The molecule has 0 spiro atoms. The Morgan fingerprint density at radius 1 is 1.21 bits per heavy atom. The van der Waals surface area contributed by atoms with Crippen LogP contribution in [0.3, 0.4) is 0 Å². The van der Waals surface area contributed by atoms with Crippen LogP contribution in [0.15, 0.2) is 36.5 Å². The lowest BCUT2D eigenvalue weighted by molar-refractivity contribution is 0.0696. The summed E-state index contributed by atoms with van der Waals surface area (Å²) in [5.74, 6) is -1.27. The average molecular weight is 259 g/mol. The van der Waals surface area contributed by atoms with Crippen molar-refractivity contribution in [1.82, 2.24) is 15.1 Å². The molecule has 2 N–H and O–H groups in total. The molecule has 0 saturated carbocycles. The quantitative estimate of drug-likeness (QED) is 0.859. The third kappa shape index (κ3) is 3.19. The minimum Gasteiger partial charge on any atom is -0.478 e. The third-order valence-electron chi connectivity index (χ3n) is 2.59. The first-order valence-corrected chi connectivity index (χ1v) is 5.66. The van der Waals surface area contributed by atoms with Crippen LogP contribution >= 0.6 is 0 Å². The molecule has 0 aliphatic carbocycles. The van der Waals surface area contributed by atoms with E-state index in [0.717, 1.165) is 5.69 Å². The second kappa shape index (κ2) is 5.34. The number of benzene rings is 1. The van der Waals surface area contributed by atoms with Gasteiger partial charge in [0, 0.05) is 18.8 Å². The molecule has 6 nitrogen and oxygen atoms in total. The molecule has 0 unspecified atom stereocenters. The molecule has 6 heteroatoms. The maximum Gasteiger partial charge on any atom is 0.335 e. The van der Waals surface area contributed by atoms with Crippen LogP contribution in [0.1, 0.15) is 26.4 Å². The van der Waals surface area contributed by atoms with Crippen molar-refractivity contribution >= 4 is 11.9 Å². The van der Waals surface area contributed by atoms with E-state index in [9.17, 15) is 9.59 Å². The molecular formula is C13H13N3O3. The Morgan fingerprint density at radius 3 is 2.37 bits per heavy atom. The van der Waals surface area contributed by atoms with Gasteiger partial charge in [-0.05, 0) is 30.3 Å². The van der Waals surface area contributed by atoms with E-state index >= 15 is 0 Å². The van der Waals surface area contributed by atoms with Gasteiger partial charge in [-0.2, -0.15) is 5.10 Å². The molecule has 0 aliphatic heterocycles. The second-order valence-corrected chi connectivity index (χ2v) is 4.05. The van der Waals surface area contributed by atoms with Crippen molar-refractivity contribution in [1.29, 1.82) is 0 Å². The first-order valence-electron chi connectivity index (χ1n) is 5.66. The van der Waals surface area contributed by atoms with Gasteiger partial charge in [0.25, 0.3) is 5.91 Å². The molecule has 0 atom stereocenters. The van der Waals surface area contributed by atoms with Gasteiger partial charge in [0.05, 0.1) is 17.8 Å². The van der Waals surface area contributed by atoms with Gasteiger partial charge < -0.3 is 10.4 Å². The number of carboxylic acids is 1. The Kier molecular flexibility index (Phi) is 3.61. The number of hydrogen-bond acceptors (Lipinski definition) is 3. The number of hydrogen-bond donors (Lipinski definition) is 2. The number of carbonyl (C=O) groups is 2. The van der Waals surface area contributed by atoms with Crippen molar-refractivity contribution in [3.63, 3.8) is 0 Å². The molecule has 1 heterocycles. The number of rotatable bonds is 4. The van der Waals surface area contributed by atoms with Gasteiger partial charge in [-0.3, -0.25) is 9.48 Å². The van der Waals surface area contributed by atoms with Gasteiger partial charge >= 0.3 is 5.97 Å². The van der Waals surface area contributed by atoms with Crippen LogP contribution in [-0.4, -0.2) is 26.8 Å². The highest BCUT2D eigenvalue weighted by atomic mass is 16.4. The van der Waals surface area contributed by atoms with Crippen LogP contribution in [-0.2, 0) is 13.6 Å². The van der Waals surface area contributed by atoms with Crippen LogP contribution in [0.25, 0.3) is 0 Å². The maximum absolute atomic E-state index is 11.8. The van der Waals surface area contributed by atoms with E-state index in [2.05, 4.69) is 10.4 Å². The van der Waals surface area contributed by atoms with Crippen LogP contribution in [0.5, 0.6) is 0 Å². The van der Waals surface area contributed by atoms with Crippen molar-refractivity contribution in [3.8, 4) is 0 Å². The summed E-state index contributed by atoms with van der Waals surface area (Å²) in [5, 5.41) is 15.6. The monoisotopic (exact) mass is 259 g/mol. The summed E-state index contributed by atoms with van der Waals surface area (Å²) in [7, 11) is 1.80. The normalized spacial score (nSPS) is 10.2. The van der Waals surface area contributed by atoms with Crippen molar-refractivity contribution in [2.75, 3.05) is 0 Å². The summed E-state index contributed by atoms with van der Waals surface area (Å²) < 4.78 is 1.66. The molecule has 98 valence electrons. The lowest BCUT2D eigenvalue weighted by Gasteiger charge is -2.03. The molecule has 0 fully saturated rings. The predicted molar refractivity (Wildman–Crippen MR) is 67.8 cm³/mol. The number of aromatic carboxylic acids is 1. The van der Waals surface area contributed by atoms with E-state index in [1.165, 1.54) is 24.3 Å². The highest BCUT2D eigenvalue weighted by Crippen LogP contribution is 2.05. The second-order valence-electron chi connectivity index (χ2n) is 4.05. The molecule has 1 amide bonds. The first-order chi connectivity index (χ1) is 9.06. The SMILES string of the molecule is Cn1ccc(CNC(=O)c2ccc(C(=O)O)cc2)n1. The summed E-state index contributed by atoms with van der Waals surface area (Å²) in [6.45, 7) is 0.334. The minimum absolute atomic E-state index is 0.154. The molecule has 1 aromatic heterocycles. The molecule has 0 bridgehead atoms. The summed E-state index contributed by atoms with van der Waals surface area (Å²) in [6.07, 6.45) is 1.79. The van der Waals surface area contributed by atoms with Gasteiger partial charge in [0.1, 0.15) is 0 Å². The topological polar surface area (TPSA) is 84.2 Å². The van der Waals surface area contributed by atoms with Crippen LogP contribution < -0.4 is 5.32 Å². The number of aromatic nitrogens is 2. The Hall–Kier alpha value is -2.63. The summed E-state index contributed by atoms with van der Waals surface area (Å²) in [6, 6.07) is 7.58. The highest BCUT2D eigenvalue weighted by Gasteiger charge is 2.08. The zero-order valence-electron chi connectivity index (χ0n) is 10.3. The van der Waals surface area contributed by atoms with Gasteiger partial charge in [-0.15, -0.1) is 0 Å². The predicted octanol–water partition coefficient (Wildman–Crippen LogP) is 1.05. The first kappa shape index (κ1) is 12.8. The van der Waals surface area contributed by atoms with Crippen molar-refractivity contribution in [2.45, 2.75) is 6.54 Å². The fourth-order valence-electron chi connectivity index (χ4n) is 1.59. The van der Waals surface area contributed by atoms with E-state index in [4.69, 9.17) is 5.11 Å². The van der Waals surface area contributed by atoms with Gasteiger partial charge in [0.15, 0.2) is 0 Å². The van der Waals surface area contributed by atoms with Crippen LogP contribution in [0.2, 0.25) is 0 Å². The van der Waals surface area contributed by atoms with Crippen molar-refractivity contribution in [2.24, 2.45) is 7.05 Å². The fraction of sp³-hybridized carbons (Fsp3) is 0.154. The van der Waals surface area contributed by atoms with Gasteiger partial charge in [0.2, 0.25) is 0 Å². The van der Waals surface area contributed by atoms with Crippen LogP contribution in [0, 0.1) is 0 Å². The lowest BCUT2D eigenvalue weighted by atomic mass is 10.1. The summed E-state index contributed by atoms with van der Waals surface area (Å²) in [5.41, 5.74) is 1.33. The minimum atomic E-state index is -1.01. The molecule has 19 heavy (non-hydrogen) atoms. The average Bonchev–Trinajstić information content (AvgIpc) is 2.82. The molecule has 1 aromatic carbocycles. The molecular weight excluding hydrogens is 246 g/mol. The number of carboxylic acid groups (broad SMARTS) is 1. The Labute approximate surface area is 109 Å². The zero-order valence-corrected chi connectivity index (χ0v) is 10.3. The Morgan fingerprint density at radius 2 is 1.84 bits per heavy atom. The standard InChI is InChI=1S/C13H13N3O3/c1-16-7-6-11(15-16)8-14-12(17)9-2-4-10(5-3-9)13(18)19/h2-7H,8H2,1H3,(H,14,17)(H,18,19). The summed E-state index contributed by atoms with van der Waals surface area (Å²) >= 11 is 0. The van der Waals surface area contributed by atoms with Gasteiger partial charge in [-0.25, -0.2) is 4.79 Å². The molecule has 2 aromatic rings. The fourth-order valence-corrected chi connectivity index (χ4v) is 1.59. The van der Waals surface area contributed by atoms with E-state index in [-0.39, 0.29) is 11.5 Å². The largest absolute Gasteiger partial charge is 0.478 e. The maximum atomic E-state index is 11.8. The van der Waals surface area contributed by atoms with Crippen molar-refractivity contribution < 1.29 is 14.7 Å². The highest BCUT2D eigenvalue weighted by molar-refractivity contribution is 5.95. The molecule has 0 radical (unpaired) electrons. The van der Waals surface area contributed by atoms with E-state index in [1.807, 2.05) is 6.07 Å². The number of amides is 1. The number of aryl methyl sites for hydroxylation is 1. The van der Waals surface area contributed by atoms with E-state index < -0.39 is 5.97 Å². The molecule has 0 saturated heterocycles. The Balaban J connectivity index is 1.98. The third-order valence-corrected chi connectivity index (χ3v) is 2.59. The van der Waals surface area contributed by atoms with Crippen molar-refractivity contribution in [3.05, 3.63) is 53.3 Å². The Bertz CT molecular complexity index is 602. The molecule has 0 aliphatic rings. The molecule has 2 rings (SSSR count). The van der Waals surface area contributed by atoms with Gasteiger partial charge in [-0.1, -0.05) is 0 Å².